The first kappa shape index (κ1) is 26.9. The van der Waals surface area contributed by atoms with Crippen molar-refractivity contribution in [2.45, 2.75) is 25.3 Å². The summed E-state index contributed by atoms with van der Waals surface area (Å²) in [5.74, 6) is -1.64. The third kappa shape index (κ3) is 4.41. The summed E-state index contributed by atoms with van der Waals surface area (Å²) in [7, 11) is 3.01. The average Bonchev–Trinajstić information content (AvgIpc) is 3.29. The van der Waals surface area contributed by atoms with E-state index in [1.165, 1.54) is 55.6 Å². The van der Waals surface area contributed by atoms with Crippen LogP contribution in [0.4, 0.5) is 8.78 Å². The highest BCUT2D eigenvalue weighted by molar-refractivity contribution is 5.94. The molecule has 1 amide bonds. The van der Waals surface area contributed by atoms with Crippen LogP contribution >= 0.6 is 0 Å². The summed E-state index contributed by atoms with van der Waals surface area (Å²) in [6.45, 7) is 0.320. The highest BCUT2D eigenvalue weighted by atomic mass is 19.1. The third-order valence-electron chi connectivity index (χ3n) is 7.37. The molecule has 0 bridgehead atoms. The first-order valence-corrected chi connectivity index (χ1v) is 13.1. The number of nitrogens with zero attached hydrogens (tertiary/aromatic N) is 4. The fourth-order valence-electron chi connectivity index (χ4n) is 5.52. The number of halogens is 2. The lowest BCUT2D eigenvalue weighted by Crippen LogP contribution is -2.26. The number of carbonyl (C=O) groups excluding carboxylic acids is 1. The molecule has 1 aliphatic heterocycles. The molecule has 6 rings (SSSR count). The number of para-hydroxylation sites is 1. The van der Waals surface area contributed by atoms with E-state index in [1.54, 1.807) is 24.3 Å². The van der Waals surface area contributed by atoms with Crippen LogP contribution in [0.5, 0.6) is 23.1 Å². The molecule has 1 atom stereocenters. The maximum absolute atomic E-state index is 15.8. The Morgan fingerprint density at radius 1 is 1.00 bits per heavy atom. The molecule has 2 N–H and O–H groups in total. The van der Waals surface area contributed by atoms with Gasteiger partial charge in [-0.25, -0.2) is 23.4 Å². The summed E-state index contributed by atoms with van der Waals surface area (Å²) >= 11 is 0. The Morgan fingerprint density at radius 3 is 2.48 bits per heavy atom. The van der Waals surface area contributed by atoms with Gasteiger partial charge in [-0.3, -0.25) is 14.3 Å². The predicted molar refractivity (Wildman–Crippen MR) is 149 cm³/mol. The van der Waals surface area contributed by atoms with E-state index in [4.69, 9.17) is 19.9 Å². The van der Waals surface area contributed by atoms with Gasteiger partial charge in [0.15, 0.2) is 11.5 Å². The van der Waals surface area contributed by atoms with Crippen molar-refractivity contribution in [3.05, 3.63) is 99.7 Å². The van der Waals surface area contributed by atoms with Crippen molar-refractivity contribution in [3.8, 4) is 28.8 Å². The highest BCUT2D eigenvalue weighted by Gasteiger charge is 2.35. The third-order valence-corrected chi connectivity index (χ3v) is 7.37. The van der Waals surface area contributed by atoms with Crippen LogP contribution in [-0.2, 0) is 6.54 Å². The second kappa shape index (κ2) is 10.6. The minimum atomic E-state index is -0.964. The molecule has 5 aromatic rings. The van der Waals surface area contributed by atoms with Crippen LogP contribution in [0.15, 0.2) is 65.7 Å². The zero-order chi connectivity index (χ0) is 29.5. The number of aromatic nitrogens is 4. The first-order chi connectivity index (χ1) is 20.3. The van der Waals surface area contributed by atoms with Gasteiger partial charge >= 0.3 is 0 Å². The number of fused-ring (bicyclic) bond motifs is 2. The normalized spacial score (nSPS) is 14.4. The molecule has 2 aromatic heterocycles. The Kier molecular flexibility index (Phi) is 6.81. The van der Waals surface area contributed by atoms with Gasteiger partial charge in [-0.05, 0) is 42.7 Å². The van der Waals surface area contributed by atoms with E-state index >= 15 is 4.39 Å². The van der Waals surface area contributed by atoms with Crippen molar-refractivity contribution < 1.29 is 27.8 Å². The van der Waals surface area contributed by atoms with E-state index in [-0.39, 0.29) is 34.1 Å². The number of hydrogen-bond acceptors (Lipinski definition) is 7. The van der Waals surface area contributed by atoms with Gasteiger partial charge in [-0.1, -0.05) is 18.2 Å². The molecule has 42 heavy (non-hydrogen) atoms. The quantitative estimate of drug-likeness (QED) is 0.300. The molecule has 3 heterocycles. The summed E-state index contributed by atoms with van der Waals surface area (Å²) in [6.07, 6.45) is 2.31. The van der Waals surface area contributed by atoms with E-state index < -0.39 is 29.0 Å². The maximum Gasteiger partial charge on any atom is 0.284 e. The molecule has 10 nitrogen and oxygen atoms in total. The van der Waals surface area contributed by atoms with Gasteiger partial charge in [0.1, 0.15) is 35.0 Å². The standard InChI is InChI=1S/C30H25F2N5O5/c1-40-24-13-19-22(14-25(24)41-2)34-15-35-29(19)42-16-9-10-17(21(32)12-16)18-6-5-11-36-27(18)26(28(33)38)30(39)37(36)23-8-4-3-7-20(23)31/h3-4,7-10,12-15,18H,5-6,11H2,1-2H3,(H2,33,38). The minimum absolute atomic E-state index is 0.0209. The van der Waals surface area contributed by atoms with Gasteiger partial charge in [0.25, 0.3) is 11.5 Å². The molecule has 1 aliphatic rings. The monoisotopic (exact) mass is 573 g/mol. The Bertz CT molecular complexity index is 1920. The zero-order valence-electron chi connectivity index (χ0n) is 22.6. The zero-order valence-corrected chi connectivity index (χ0v) is 22.6. The Hall–Kier alpha value is -5.26. The summed E-state index contributed by atoms with van der Waals surface area (Å²) in [6, 6.07) is 13.4. The topological polar surface area (TPSA) is 123 Å². The molecule has 0 saturated carbocycles. The lowest BCUT2D eigenvalue weighted by Gasteiger charge is -2.27. The van der Waals surface area contributed by atoms with Crippen molar-refractivity contribution in [1.29, 1.82) is 0 Å². The fraction of sp³-hybridized carbons (Fsp3) is 0.200. The van der Waals surface area contributed by atoms with Gasteiger partial charge in [-0.15, -0.1) is 0 Å². The van der Waals surface area contributed by atoms with E-state index in [0.717, 1.165) is 4.68 Å². The molecule has 3 aromatic carbocycles. The molecule has 1 unspecified atom stereocenters. The van der Waals surface area contributed by atoms with Gasteiger partial charge in [0.2, 0.25) is 5.88 Å². The van der Waals surface area contributed by atoms with E-state index in [1.807, 2.05) is 0 Å². The summed E-state index contributed by atoms with van der Waals surface area (Å²) in [4.78, 5) is 34.3. The van der Waals surface area contributed by atoms with Gasteiger partial charge in [0, 0.05) is 24.6 Å². The van der Waals surface area contributed by atoms with Crippen LogP contribution in [0.1, 0.15) is 40.4 Å². The number of benzene rings is 3. The van der Waals surface area contributed by atoms with Crippen LogP contribution in [0.3, 0.4) is 0 Å². The average molecular weight is 574 g/mol. The smallest absolute Gasteiger partial charge is 0.284 e. The van der Waals surface area contributed by atoms with Gasteiger partial charge in [0.05, 0.1) is 30.8 Å². The first-order valence-electron chi connectivity index (χ1n) is 13.1. The number of hydrogen-bond donors (Lipinski definition) is 1. The molecular weight excluding hydrogens is 548 g/mol. The molecule has 12 heteroatoms. The molecule has 0 aliphatic carbocycles. The number of ether oxygens (including phenoxy) is 3. The molecule has 0 saturated heterocycles. The van der Waals surface area contributed by atoms with Crippen LogP contribution < -0.4 is 25.5 Å². The van der Waals surface area contributed by atoms with Gasteiger partial charge in [-0.2, -0.15) is 0 Å². The van der Waals surface area contributed by atoms with E-state index in [9.17, 15) is 14.0 Å². The number of rotatable bonds is 7. The highest BCUT2D eigenvalue weighted by Crippen LogP contribution is 2.39. The number of primary amides is 1. The molecular formula is C30H25F2N5O5. The van der Waals surface area contributed by atoms with Crippen molar-refractivity contribution >= 4 is 16.8 Å². The van der Waals surface area contributed by atoms with Crippen LogP contribution in [0, 0.1) is 11.6 Å². The molecule has 0 fully saturated rings. The van der Waals surface area contributed by atoms with Crippen molar-refractivity contribution in [3.63, 3.8) is 0 Å². The van der Waals surface area contributed by atoms with Crippen molar-refractivity contribution in [2.75, 3.05) is 14.2 Å². The van der Waals surface area contributed by atoms with Crippen molar-refractivity contribution in [1.82, 2.24) is 19.3 Å². The second-order valence-corrected chi connectivity index (χ2v) is 9.70. The number of methoxy groups -OCH3 is 2. The van der Waals surface area contributed by atoms with E-state index in [2.05, 4.69) is 9.97 Å². The number of nitrogens with two attached hydrogens (primary N) is 1. The lowest BCUT2D eigenvalue weighted by molar-refractivity contribution is 0.0997. The van der Waals surface area contributed by atoms with E-state index in [0.29, 0.717) is 41.8 Å². The Labute approximate surface area is 237 Å². The molecule has 0 radical (unpaired) electrons. The Morgan fingerprint density at radius 2 is 1.76 bits per heavy atom. The second-order valence-electron chi connectivity index (χ2n) is 9.70. The Balaban J connectivity index is 1.41. The maximum atomic E-state index is 15.8. The number of carbonyl (C=O) groups is 1. The fourth-order valence-corrected chi connectivity index (χ4v) is 5.52. The summed E-state index contributed by atoms with van der Waals surface area (Å²) in [5, 5.41) is 0.525. The number of amides is 1. The van der Waals surface area contributed by atoms with Crippen molar-refractivity contribution in [2.24, 2.45) is 5.73 Å². The SMILES string of the molecule is COc1cc2ncnc(Oc3ccc(C4CCCn5c4c(C(N)=O)c(=O)n5-c4ccccc4F)c(F)c3)c2cc1OC. The summed E-state index contributed by atoms with van der Waals surface area (Å²) in [5.41, 5.74) is 5.60. The lowest BCUT2D eigenvalue weighted by atomic mass is 9.86. The molecule has 0 spiro atoms. The van der Waals surface area contributed by atoms with Crippen LogP contribution in [-0.4, -0.2) is 39.5 Å². The van der Waals surface area contributed by atoms with Gasteiger partial charge < -0.3 is 19.9 Å². The van der Waals surface area contributed by atoms with Crippen LogP contribution in [0.25, 0.3) is 16.6 Å². The summed E-state index contributed by atoms with van der Waals surface area (Å²) < 4.78 is 49.8. The largest absolute Gasteiger partial charge is 0.493 e. The molecule has 214 valence electrons. The minimum Gasteiger partial charge on any atom is -0.493 e. The van der Waals surface area contributed by atoms with Crippen LogP contribution in [0.2, 0.25) is 0 Å². The predicted octanol–water partition coefficient (Wildman–Crippen LogP) is 4.69.